The third-order valence-corrected chi connectivity index (χ3v) is 5.76. The van der Waals surface area contributed by atoms with E-state index < -0.39 is 0 Å². The highest BCUT2D eigenvalue weighted by atomic mass is 16.5. The van der Waals surface area contributed by atoms with Gasteiger partial charge in [0.2, 0.25) is 5.91 Å². The van der Waals surface area contributed by atoms with Crippen molar-refractivity contribution in [3.05, 3.63) is 23.8 Å². The monoisotopic (exact) mass is 402 g/mol. The summed E-state index contributed by atoms with van der Waals surface area (Å²) in [5, 5.41) is 6.81. The van der Waals surface area contributed by atoms with Crippen LogP contribution in [0.25, 0.3) is 0 Å². The van der Waals surface area contributed by atoms with Crippen molar-refractivity contribution in [2.75, 3.05) is 33.9 Å². The number of carbonyl (C=O) groups is 1. The van der Waals surface area contributed by atoms with Crippen molar-refractivity contribution in [2.24, 2.45) is 10.9 Å². The fourth-order valence-electron chi connectivity index (χ4n) is 4.18. The molecule has 0 spiro atoms. The van der Waals surface area contributed by atoms with Crippen molar-refractivity contribution in [1.82, 2.24) is 15.5 Å². The van der Waals surface area contributed by atoms with Crippen LogP contribution in [0.2, 0.25) is 0 Å². The Kier molecular flexibility index (Phi) is 7.61. The highest BCUT2D eigenvalue weighted by Crippen LogP contribution is 2.29. The van der Waals surface area contributed by atoms with Crippen LogP contribution in [0.4, 0.5) is 0 Å². The number of amides is 1. The lowest BCUT2D eigenvalue weighted by Crippen LogP contribution is -2.45. The van der Waals surface area contributed by atoms with Gasteiger partial charge in [0.1, 0.15) is 0 Å². The maximum atomic E-state index is 12.6. The number of ether oxygens (including phenoxy) is 2. The number of carbonyl (C=O) groups excluding carboxylic acids is 1. The summed E-state index contributed by atoms with van der Waals surface area (Å²) in [6.45, 7) is 4.77. The van der Waals surface area contributed by atoms with E-state index in [1.165, 1.54) is 12.8 Å². The standard InChI is InChI=1S/C22H34N4O3/c1-4-29-19-10-9-16(13-20(19)28-3)14-24-22(23-2)25-18-11-12-26(15-18)21(27)17-7-5-6-8-17/h9-10,13,17-18H,4-8,11-12,14-15H2,1-3H3,(H2,23,24,25). The van der Waals surface area contributed by atoms with Crippen LogP contribution in [0.5, 0.6) is 11.5 Å². The SMILES string of the molecule is CCOc1ccc(CNC(=NC)NC2CCN(C(=O)C3CCCC3)C2)cc1OC. The Labute approximate surface area is 173 Å². The Morgan fingerprint density at radius 2 is 2.03 bits per heavy atom. The lowest BCUT2D eigenvalue weighted by Gasteiger charge is -2.21. The van der Waals surface area contributed by atoms with Crippen LogP contribution >= 0.6 is 0 Å². The number of nitrogens with zero attached hydrogens (tertiary/aromatic N) is 2. The predicted molar refractivity (Wildman–Crippen MR) is 114 cm³/mol. The van der Waals surface area contributed by atoms with Crippen LogP contribution in [0.3, 0.4) is 0 Å². The predicted octanol–water partition coefficient (Wildman–Crippen LogP) is 2.55. The normalized spacial score (nSPS) is 20.0. The summed E-state index contributed by atoms with van der Waals surface area (Å²) in [5.41, 5.74) is 1.08. The number of hydrogen-bond donors (Lipinski definition) is 2. The molecule has 0 radical (unpaired) electrons. The zero-order valence-corrected chi connectivity index (χ0v) is 17.9. The highest BCUT2D eigenvalue weighted by molar-refractivity contribution is 5.81. The van der Waals surface area contributed by atoms with Crippen LogP contribution in [-0.2, 0) is 11.3 Å². The minimum absolute atomic E-state index is 0.237. The molecule has 1 aromatic carbocycles. The van der Waals surface area contributed by atoms with Gasteiger partial charge in [0.25, 0.3) is 0 Å². The van der Waals surface area contributed by atoms with Gasteiger partial charge in [-0.2, -0.15) is 0 Å². The van der Waals surface area contributed by atoms with Crippen LogP contribution in [0.1, 0.15) is 44.6 Å². The van der Waals surface area contributed by atoms with E-state index in [-0.39, 0.29) is 12.0 Å². The topological polar surface area (TPSA) is 75.2 Å². The Bertz CT molecular complexity index is 716. The van der Waals surface area contributed by atoms with E-state index in [4.69, 9.17) is 9.47 Å². The Morgan fingerprint density at radius 3 is 2.72 bits per heavy atom. The van der Waals surface area contributed by atoms with Crippen LogP contribution in [0.15, 0.2) is 23.2 Å². The second kappa shape index (κ2) is 10.4. The molecule has 1 amide bonds. The van der Waals surface area contributed by atoms with Gasteiger partial charge in [-0.1, -0.05) is 18.9 Å². The molecule has 160 valence electrons. The number of hydrogen-bond acceptors (Lipinski definition) is 4. The van der Waals surface area contributed by atoms with Crippen molar-refractivity contribution in [1.29, 1.82) is 0 Å². The summed E-state index contributed by atoms with van der Waals surface area (Å²) in [4.78, 5) is 19.0. The third kappa shape index (κ3) is 5.55. The second-order valence-corrected chi connectivity index (χ2v) is 7.74. The van der Waals surface area contributed by atoms with Gasteiger partial charge >= 0.3 is 0 Å². The van der Waals surface area contributed by atoms with Gasteiger partial charge in [-0.3, -0.25) is 9.79 Å². The zero-order valence-electron chi connectivity index (χ0n) is 17.9. The number of nitrogens with one attached hydrogen (secondary N) is 2. The van der Waals surface area contributed by atoms with Crippen molar-refractivity contribution in [3.63, 3.8) is 0 Å². The van der Waals surface area contributed by atoms with Crippen LogP contribution < -0.4 is 20.1 Å². The first-order chi connectivity index (χ1) is 14.1. The molecule has 1 saturated heterocycles. The van der Waals surface area contributed by atoms with Crippen LogP contribution in [0, 0.1) is 5.92 Å². The zero-order chi connectivity index (χ0) is 20.6. The fourth-order valence-corrected chi connectivity index (χ4v) is 4.18. The van der Waals surface area contributed by atoms with Gasteiger partial charge in [-0.15, -0.1) is 0 Å². The largest absolute Gasteiger partial charge is 0.493 e. The molecule has 1 atom stereocenters. The van der Waals surface area contributed by atoms with E-state index in [2.05, 4.69) is 15.6 Å². The molecule has 2 N–H and O–H groups in total. The molecule has 7 heteroatoms. The minimum Gasteiger partial charge on any atom is -0.493 e. The van der Waals surface area contributed by atoms with E-state index in [0.717, 1.165) is 55.4 Å². The Hall–Kier alpha value is -2.44. The molecule has 1 aromatic rings. The quantitative estimate of drug-likeness (QED) is 0.542. The van der Waals surface area contributed by atoms with Gasteiger partial charge in [0, 0.05) is 38.6 Å². The molecular weight excluding hydrogens is 368 g/mol. The van der Waals surface area contributed by atoms with E-state index >= 15 is 0 Å². The lowest BCUT2D eigenvalue weighted by molar-refractivity contribution is -0.134. The lowest BCUT2D eigenvalue weighted by atomic mass is 10.1. The first-order valence-electron chi connectivity index (χ1n) is 10.7. The van der Waals surface area contributed by atoms with Gasteiger partial charge in [-0.25, -0.2) is 0 Å². The van der Waals surface area contributed by atoms with E-state index in [9.17, 15) is 4.79 Å². The minimum atomic E-state index is 0.237. The van der Waals surface area contributed by atoms with Gasteiger partial charge < -0.3 is 25.0 Å². The van der Waals surface area contributed by atoms with Gasteiger partial charge in [0.05, 0.1) is 13.7 Å². The molecule has 2 fully saturated rings. The van der Waals surface area contributed by atoms with Crippen molar-refractivity contribution < 1.29 is 14.3 Å². The van der Waals surface area contributed by atoms with Crippen molar-refractivity contribution in [3.8, 4) is 11.5 Å². The average molecular weight is 403 g/mol. The molecule has 1 aliphatic carbocycles. The van der Waals surface area contributed by atoms with E-state index in [1.54, 1.807) is 14.2 Å². The number of benzene rings is 1. The Morgan fingerprint density at radius 1 is 1.24 bits per heavy atom. The molecule has 0 bridgehead atoms. The molecule has 0 aromatic heterocycles. The summed E-state index contributed by atoms with van der Waals surface area (Å²) in [6, 6.07) is 6.16. The number of likely N-dealkylation sites (tertiary alicyclic amines) is 1. The molecular formula is C22H34N4O3. The summed E-state index contributed by atoms with van der Waals surface area (Å²) >= 11 is 0. The number of rotatable bonds is 7. The van der Waals surface area contributed by atoms with Gasteiger partial charge in [0.15, 0.2) is 17.5 Å². The fraction of sp³-hybridized carbons (Fsp3) is 0.636. The molecule has 1 aliphatic heterocycles. The smallest absolute Gasteiger partial charge is 0.225 e. The first-order valence-corrected chi connectivity index (χ1v) is 10.7. The summed E-state index contributed by atoms with van der Waals surface area (Å²) in [6.07, 6.45) is 5.46. The first kappa shape index (κ1) is 21.3. The summed E-state index contributed by atoms with van der Waals surface area (Å²) < 4.78 is 11.0. The number of methoxy groups -OCH3 is 1. The van der Waals surface area contributed by atoms with Crippen molar-refractivity contribution in [2.45, 2.75) is 51.6 Å². The maximum Gasteiger partial charge on any atom is 0.225 e. The highest BCUT2D eigenvalue weighted by Gasteiger charge is 2.32. The summed E-state index contributed by atoms with van der Waals surface area (Å²) in [5.74, 6) is 2.82. The van der Waals surface area contributed by atoms with E-state index in [0.29, 0.717) is 19.1 Å². The third-order valence-electron chi connectivity index (χ3n) is 5.76. The Balaban J connectivity index is 1.49. The second-order valence-electron chi connectivity index (χ2n) is 7.74. The molecule has 1 saturated carbocycles. The van der Waals surface area contributed by atoms with E-state index in [1.807, 2.05) is 30.0 Å². The molecule has 29 heavy (non-hydrogen) atoms. The molecule has 1 heterocycles. The van der Waals surface area contributed by atoms with Crippen molar-refractivity contribution >= 4 is 11.9 Å². The molecule has 7 nitrogen and oxygen atoms in total. The number of guanidine groups is 1. The number of aliphatic imine (C=N–C) groups is 1. The maximum absolute atomic E-state index is 12.6. The van der Waals surface area contributed by atoms with Gasteiger partial charge in [-0.05, 0) is 43.9 Å². The average Bonchev–Trinajstić information content (AvgIpc) is 3.44. The molecule has 1 unspecified atom stereocenters. The molecule has 3 rings (SSSR count). The van der Waals surface area contributed by atoms with Crippen LogP contribution in [-0.4, -0.2) is 56.7 Å². The molecule has 2 aliphatic rings. The summed E-state index contributed by atoms with van der Waals surface area (Å²) in [7, 11) is 3.42.